The lowest BCUT2D eigenvalue weighted by Crippen LogP contribution is -2.15. The van der Waals surface area contributed by atoms with Crippen molar-refractivity contribution in [3.8, 4) is 0 Å². The summed E-state index contributed by atoms with van der Waals surface area (Å²) in [5.41, 5.74) is 0.924. The smallest absolute Gasteiger partial charge is 0.0791 e. The van der Waals surface area contributed by atoms with E-state index >= 15 is 0 Å². The summed E-state index contributed by atoms with van der Waals surface area (Å²) in [5, 5.41) is 19.5. The third-order valence-corrected chi connectivity index (χ3v) is 2.69. The lowest BCUT2D eigenvalue weighted by atomic mass is 9.98. The second kappa shape index (κ2) is 5.89. The summed E-state index contributed by atoms with van der Waals surface area (Å²) in [6.07, 6.45) is 0.486. The third kappa shape index (κ3) is 4.02. The van der Waals surface area contributed by atoms with Crippen LogP contribution in [-0.4, -0.2) is 16.3 Å². The number of aliphatic hydroxyl groups is 2. The van der Waals surface area contributed by atoms with E-state index in [4.69, 9.17) is 0 Å². The van der Waals surface area contributed by atoms with Crippen molar-refractivity contribution in [2.75, 3.05) is 0 Å². The van der Waals surface area contributed by atoms with Crippen LogP contribution < -0.4 is 0 Å². The van der Waals surface area contributed by atoms with Gasteiger partial charge in [0, 0.05) is 0 Å². The molecule has 0 bridgehead atoms. The number of hydrogen-bond donors (Lipinski definition) is 2. The standard InChI is InChI=1S/C13H20O2/c1-10(2)12(14)8-9-13(15)11-6-4-3-5-7-11/h3-7,10,12-15H,8-9H2,1-2H3/t12-,13+/m0/s1. The summed E-state index contributed by atoms with van der Waals surface area (Å²) in [7, 11) is 0. The van der Waals surface area contributed by atoms with Gasteiger partial charge in [0.1, 0.15) is 0 Å². The summed E-state index contributed by atoms with van der Waals surface area (Å²) in [5.74, 6) is 0.257. The quantitative estimate of drug-likeness (QED) is 0.780. The Morgan fingerprint density at radius 1 is 1.00 bits per heavy atom. The van der Waals surface area contributed by atoms with Crippen LogP contribution in [0.25, 0.3) is 0 Å². The topological polar surface area (TPSA) is 40.5 Å². The average molecular weight is 208 g/mol. The van der Waals surface area contributed by atoms with Crippen molar-refractivity contribution in [2.24, 2.45) is 5.92 Å². The first kappa shape index (κ1) is 12.2. The van der Waals surface area contributed by atoms with Gasteiger partial charge >= 0.3 is 0 Å². The summed E-state index contributed by atoms with van der Waals surface area (Å²) in [4.78, 5) is 0. The Kier molecular flexibility index (Phi) is 4.79. The van der Waals surface area contributed by atoms with Crippen molar-refractivity contribution in [1.82, 2.24) is 0 Å². The highest BCUT2D eigenvalue weighted by atomic mass is 16.3. The number of benzene rings is 1. The molecule has 2 N–H and O–H groups in total. The largest absolute Gasteiger partial charge is 0.393 e. The van der Waals surface area contributed by atoms with Gasteiger partial charge in [-0.25, -0.2) is 0 Å². The van der Waals surface area contributed by atoms with Crippen LogP contribution in [0, 0.1) is 5.92 Å². The Morgan fingerprint density at radius 3 is 2.13 bits per heavy atom. The molecule has 84 valence electrons. The zero-order valence-corrected chi connectivity index (χ0v) is 9.43. The van der Waals surface area contributed by atoms with Gasteiger partial charge in [-0.05, 0) is 24.3 Å². The average Bonchev–Trinajstić information content (AvgIpc) is 2.26. The molecule has 2 atom stereocenters. The van der Waals surface area contributed by atoms with Crippen LogP contribution in [0.2, 0.25) is 0 Å². The molecule has 15 heavy (non-hydrogen) atoms. The summed E-state index contributed by atoms with van der Waals surface area (Å²) in [6.45, 7) is 3.97. The molecule has 0 saturated carbocycles. The Labute approximate surface area is 91.6 Å². The first-order chi connectivity index (χ1) is 7.11. The molecule has 2 nitrogen and oxygen atoms in total. The zero-order chi connectivity index (χ0) is 11.3. The van der Waals surface area contributed by atoms with Crippen molar-refractivity contribution >= 4 is 0 Å². The number of aliphatic hydroxyl groups excluding tert-OH is 2. The highest BCUT2D eigenvalue weighted by Crippen LogP contribution is 2.20. The van der Waals surface area contributed by atoms with Crippen molar-refractivity contribution in [2.45, 2.75) is 38.9 Å². The molecule has 0 aliphatic rings. The van der Waals surface area contributed by atoms with E-state index in [2.05, 4.69) is 0 Å². The Bertz CT molecular complexity index is 269. The van der Waals surface area contributed by atoms with Crippen LogP contribution in [-0.2, 0) is 0 Å². The predicted molar refractivity (Wildman–Crippen MR) is 61.5 cm³/mol. The van der Waals surface area contributed by atoms with E-state index in [0.717, 1.165) is 5.56 Å². The van der Waals surface area contributed by atoms with Crippen molar-refractivity contribution in [1.29, 1.82) is 0 Å². The van der Waals surface area contributed by atoms with E-state index in [1.54, 1.807) is 0 Å². The number of hydrogen-bond acceptors (Lipinski definition) is 2. The molecule has 0 aliphatic heterocycles. The van der Waals surface area contributed by atoms with E-state index in [0.29, 0.717) is 12.8 Å². The van der Waals surface area contributed by atoms with E-state index in [9.17, 15) is 10.2 Å². The molecule has 1 aromatic rings. The van der Waals surface area contributed by atoms with Crippen LogP contribution in [0.1, 0.15) is 38.4 Å². The van der Waals surface area contributed by atoms with E-state index < -0.39 is 6.10 Å². The van der Waals surface area contributed by atoms with Crippen LogP contribution >= 0.6 is 0 Å². The molecule has 0 aliphatic carbocycles. The van der Waals surface area contributed by atoms with Gasteiger partial charge < -0.3 is 10.2 Å². The van der Waals surface area contributed by atoms with Crippen molar-refractivity contribution in [3.05, 3.63) is 35.9 Å². The van der Waals surface area contributed by atoms with E-state index in [1.165, 1.54) is 0 Å². The maximum Gasteiger partial charge on any atom is 0.0791 e. The minimum Gasteiger partial charge on any atom is -0.393 e. The maximum absolute atomic E-state index is 9.84. The van der Waals surface area contributed by atoms with Gasteiger partial charge in [-0.1, -0.05) is 44.2 Å². The lowest BCUT2D eigenvalue weighted by molar-refractivity contribution is 0.0854. The van der Waals surface area contributed by atoms with Crippen LogP contribution in [0.5, 0.6) is 0 Å². The van der Waals surface area contributed by atoms with Gasteiger partial charge in [0.2, 0.25) is 0 Å². The second-order valence-corrected chi connectivity index (χ2v) is 4.32. The van der Waals surface area contributed by atoms with Crippen LogP contribution in [0.15, 0.2) is 30.3 Å². The first-order valence-corrected chi connectivity index (χ1v) is 5.52. The number of rotatable bonds is 5. The maximum atomic E-state index is 9.84. The highest BCUT2D eigenvalue weighted by molar-refractivity contribution is 5.17. The molecular weight excluding hydrogens is 188 g/mol. The monoisotopic (exact) mass is 208 g/mol. The van der Waals surface area contributed by atoms with Gasteiger partial charge in [0.05, 0.1) is 12.2 Å². The molecule has 0 radical (unpaired) electrons. The fourth-order valence-corrected chi connectivity index (χ4v) is 1.50. The van der Waals surface area contributed by atoms with Gasteiger partial charge in [-0.15, -0.1) is 0 Å². The van der Waals surface area contributed by atoms with Crippen LogP contribution in [0.4, 0.5) is 0 Å². The molecule has 0 amide bonds. The summed E-state index contributed by atoms with van der Waals surface area (Å²) >= 11 is 0. The van der Waals surface area contributed by atoms with E-state index in [1.807, 2.05) is 44.2 Å². The fraction of sp³-hybridized carbons (Fsp3) is 0.538. The Morgan fingerprint density at radius 2 is 1.60 bits per heavy atom. The molecule has 0 saturated heterocycles. The van der Waals surface area contributed by atoms with Crippen LogP contribution in [0.3, 0.4) is 0 Å². The normalized spacial score (nSPS) is 15.3. The van der Waals surface area contributed by atoms with Gasteiger partial charge in [0.15, 0.2) is 0 Å². The van der Waals surface area contributed by atoms with Crippen molar-refractivity contribution < 1.29 is 10.2 Å². The molecular formula is C13H20O2. The molecule has 2 heteroatoms. The third-order valence-electron chi connectivity index (χ3n) is 2.69. The van der Waals surface area contributed by atoms with Gasteiger partial charge in [-0.2, -0.15) is 0 Å². The van der Waals surface area contributed by atoms with Crippen molar-refractivity contribution in [3.63, 3.8) is 0 Å². The fourth-order valence-electron chi connectivity index (χ4n) is 1.50. The molecule has 0 heterocycles. The van der Waals surface area contributed by atoms with Gasteiger partial charge in [0.25, 0.3) is 0 Å². The molecule has 1 aromatic carbocycles. The SMILES string of the molecule is CC(C)[C@@H](O)CC[C@@H](O)c1ccccc1. The second-order valence-electron chi connectivity index (χ2n) is 4.32. The first-order valence-electron chi connectivity index (χ1n) is 5.52. The predicted octanol–water partition coefficient (Wildman–Crippen LogP) is 2.52. The lowest BCUT2D eigenvalue weighted by Gasteiger charge is -2.17. The molecule has 0 spiro atoms. The Balaban J connectivity index is 2.40. The molecule has 0 aromatic heterocycles. The van der Waals surface area contributed by atoms with E-state index in [-0.39, 0.29) is 12.0 Å². The zero-order valence-electron chi connectivity index (χ0n) is 9.43. The molecule has 0 unspecified atom stereocenters. The Hall–Kier alpha value is -0.860. The minimum absolute atomic E-state index is 0.257. The highest BCUT2D eigenvalue weighted by Gasteiger charge is 2.13. The van der Waals surface area contributed by atoms with Gasteiger partial charge in [-0.3, -0.25) is 0 Å². The molecule has 1 rings (SSSR count). The molecule has 0 fully saturated rings. The minimum atomic E-state index is -0.459. The summed E-state index contributed by atoms with van der Waals surface area (Å²) < 4.78 is 0. The summed E-state index contributed by atoms with van der Waals surface area (Å²) in [6, 6.07) is 9.58.